The van der Waals surface area contributed by atoms with Crippen LogP contribution in [0.5, 0.6) is 11.5 Å². The molecule has 0 aliphatic carbocycles. The van der Waals surface area contributed by atoms with Gasteiger partial charge in [0.2, 0.25) is 0 Å². The normalized spacial score (nSPS) is 12.6. The predicted molar refractivity (Wildman–Crippen MR) is 114 cm³/mol. The van der Waals surface area contributed by atoms with E-state index in [-0.39, 0.29) is 10.8 Å². The van der Waals surface area contributed by atoms with Crippen LogP contribution < -0.4 is 4.74 Å². The fourth-order valence-electron chi connectivity index (χ4n) is 3.80. The van der Waals surface area contributed by atoms with Crippen LogP contribution in [-0.4, -0.2) is 17.2 Å². The molecule has 0 aliphatic heterocycles. The van der Waals surface area contributed by atoms with E-state index < -0.39 is 0 Å². The van der Waals surface area contributed by atoms with E-state index in [9.17, 15) is 5.11 Å². The quantitative estimate of drug-likeness (QED) is 0.548. The Balaban J connectivity index is 2.43. The summed E-state index contributed by atoms with van der Waals surface area (Å²) in [4.78, 5) is 3.49. The van der Waals surface area contributed by atoms with Crippen LogP contribution in [-0.2, 0) is 10.8 Å². The van der Waals surface area contributed by atoms with Crippen molar-refractivity contribution in [2.45, 2.75) is 59.3 Å². The fraction of sp³-hybridized carbons (Fsp3) is 0.417. The molecule has 0 bridgehead atoms. The van der Waals surface area contributed by atoms with E-state index in [1.807, 2.05) is 12.1 Å². The van der Waals surface area contributed by atoms with Crippen molar-refractivity contribution in [1.29, 1.82) is 0 Å². The van der Waals surface area contributed by atoms with E-state index in [2.05, 4.69) is 71.6 Å². The van der Waals surface area contributed by atoms with Gasteiger partial charge < -0.3 is 14.8 Å². The number of aryl methyl sites for hydroxylation is 1. The molecule has 3 heteroatoms. The van der Waals surface area contributed by atoms with Crippen molar-refractivity contribution < 1.29 is 9.84 Å². The van der Waals surface area contributed by atoms with E-state index in [4.69, 9.17) is 4.74 Å². The minimum absolute atomic E-state index is 0.163. The van der Waals surface area contributed by atoms with Crippen molar-refractivity contribution in [1.82, 2.24) is 4.98 Å². The first kappa shape index (κ1) is 19.3. The second-order valence-corrected chi connectivity index (χ2v) is 9.43. The molecule has 2 aromatic carbocycles. The number of benzene rings is 2. The van der Waals surface area contributed by atoms with Gasteiger partial charge in [0.1, 0.15) is 11.5 Å². The number of nitrogens with one attached hydrogen (secondary N) is 1. The summed E-state index contributed by atoms with van der Waals surface area (Å²) < 4.78 is 5.65. The summed E-state index contributed by atoms with van der Waals surface area (Å²) in [5, 5.41) is 12.1. The number of phenolic OH excluding ortho intramolecular Hbond substituents is 1. The van der Waals surface area contributed by atoms with E-state index in [0.717, 1.165) is 44.6 Å². The Bertz CT molecular complexity index is 963. The monoisotopic (exact) mass is 365 g/mol. The first-order chi connectivity index (χ1) is 12.4. The Morgan fingerprint density at radius 1 is 0.926 bits per heavy atom. The van der Waals surface area contributed by atoms with Gasteiger partial charge in [-0.15, -0.1) is 0 Å². The standard InChI is InChI=1S/C24H31NO2/c1-14-20(21-18(25-14)10-9-11-19(21)27-8)15-12-16(23(2,3)4)22(26)17(13-15)24(5,6)7/h9-13,25-26H,1-8H3. The summed E-state index contributed by atoms with van der Waals surface area (Å²) in [6.07, 6.45) is 0. The molecule has 0 radical (unpaired) electrons. The summed E-state index contributed by atoms with van der Waals surface area (Å²) in [7, 11) is 1.71. The number of aromatic nitrogens is 1. The van der Waals surface area contributed by atoms with Gasteiger partial charge in [-0.05, 0) is 47.6 Å². The summed E-state index contributed by atoms with van der Waals surface area (Å²) >= 11 is 0. The molecule has 2 N–H and O–H groups in total. The summed E-state index contributed by atoms with van der Waals surface area (Å²) in [6.45, 7) is 14.9. The number of ether oxygens (including phenoxy) is 1. The highest BCUT2D eigenvalue weighted by molar-refractivity contribution is 6.02. The van der Waals surface area contributed by atoms with Gasteiger partial charge in [0.25, 0.3) is 0 Å². The van der Waals surface area contributed by atoms with Gasteiger partial charge in [-0.1, -0.05) is 47.6 Å². The third kappa shape index (κ3) is 3.31. The average Bonchev–Trinajstić information content (AvgIpc) is 2.88. The highest BCUT2D eigenvalue weighted by Crippen LogP contribution is 2.45. The fourth-order valence-corrected chi connectivity index (χ4v) is 3.80. The topological polar surface area (TPSA) is 45.2 Å². The van der Waals surface area contributed by atoms with Crippen molar-refractivity contribution in [2.24, 2.45) is 0 Å². The van der Waals surface area contributed by atoms with Crippen LogP contribution in [0.25, 0.3) is 22.0 Å². The maximum atomic E-state index is 11.0. The Labute approximate surface area is 162 Å². The highest BCUT2D eigenvalue weighted by atomic mass is 16.5. The third-order valence-electron chi connectivity index (χ3n) is 5.21. The Morgan fingerprint density at radius 2 is 1.48 bits per heavy atom. The number of hydrogen-bond acceptors (Lipinski definition) is 2. The highest BCUT2D eigenvalue weighted by Gasteiger charge is 2.28. The van der Waals surface area contributed by atoms with Gasteiger partial charge in [-0.3, -0.25) is 0 Å². The first-order valence-corrected chi connectivity index (χ1v) is 9.48. The Hall–Kier alpha value is -2.42. The first-order valence-electron chi connectivity index (χ1n) is 9.48. The zero-order valence-corrected chi connectivity index (χ0v) is 17.7. The molecule has 3 aromatic rings. The van der Waals surface area contributed by atoms with Gasteiger partial charge >= 0.3 is 0 Å². The maximum Gasteiger partial charge on any atom is 0.128 e. The number of rotatable bonds is 2. The molecule has 0 fully saturated rings. The molecule has 0 saturated heterocycles. The van der Waals surface area contributed by atoms with Crippen LogP contribution in [0.4, 0.5) is 0 Å². The van der Waals surface area contributed by atoms with E-state index in [1.54, 1.807) is 7.11 Å². The largest absolute Gasteiger partial charge is 0.507 e. The Morgan fingerprint density at radius 3 is 1.96 bits per heavy atom. The number of methoxy groups -OCH3 is 1. The van der Waals surface area contributed by atoms with Crippen LogP contribution in [0.2, 0.25) is 0 Å². The van der Waals surface area contributed by atoms with Gasteiger partial charge in [0, 0.05) is 33.3 Å². The molecule has 0 amide bonds. The molecule has 0 spiro atoms. The van der Waals surface area contributed by atoms with Crippen molar-refractivity contribution >= 4 is 10.9 Å². The maximum absolute atomic E-state index is 11.0. The molecule has 0 atom stereocenters. The summed E-state index contributed by atoms with van der Waals surface area (Å²) in [6, 6.07) is 10.3. The number of phenols is 1. The lowest BCUT2D eigenvalue weighted by atomic mass is 9.77. The second-order valence-electron chi connectivity index (χ2n) is 9.43. The molecule has 1 aromatic heterocycles. The third-order valence-corrected chi connectivity index (χ3v) is 5.21. The number of H-pyrrole nitrogens is 1. The van der Waals surface area contributed by atoms with Crippen LogP contribution >= 0.6 is 0 Å². The molecule has 0 aliphatic rings. The summed E-state index contributed by atoms with van der Waals surface area (Å²) in [5.74, 6) is 1.26. The molecular formula is C24H31NO2. The van der Waals surface area contributed by atoms with Crippen molar-refractivity contribution in [2.75, 3.05) is 7.11 Å². The van der Waals surface area contributed by atoms with Crippen LogP contribution in [0.1, 0.15) is 58.4 Å². The zero-order chi connectivity index (χ0) is 20.1. The number of hydrogen-bond donors (Lipinski definition) is 2. The minimum Gasteiger partial charge on any atom is -0.507 e. The van der Waals surface area contributed by atoms with Crippen molar-refractivity contribution in [3.05, 3.63) is 47.2 Å². The minimum atomic E-state index is -0.163. The van der Waals surface area contributed by atoms with Crippen LogP contribution in [0.15, 0.2) is 30.3 Å². The van der Waals surface area contributed by atoms with E-state index >= 15 is 0 Å². The molecule has 27 heavy (non-hydrogen) atoms. The molecular weight excluding hydrogens is 334 g/mol. The lowest BCUT2D eigenvalue weighted by Gasteiger charge is -2.28. The van der Waals surface area contributed by atoms with Crippen molar-refractivity contribution in [3.8, 4) is 22.6 Å². The van der Waals surface area contributed by atoms with Crippen molar-refractivity contribution in [3.63, 3.8) is 0 Å². The number of aromatic hydroxyl groups is 1. The Kier molecular flexibility index (Phi) is 4.54. The van der Waals surface area contributed by atoms with Gasteiger partial charge in [-0.2, -0.15) is 0 Å². The number of fused-ring (bicyclic) bond motifs is 1. The lowest BCUT2D eigenvalue weighted by Crippen LogP contribution is -2.17. The van der Waals surface area contributed by atoms with Gasteiger partial charge in [0.05, 0.1) is 7.11 Å². The van der Waals surface area contributed by atoms with E-state index in [1.165, 1.54) is 0 Å². The molecule has 0 saturated carbocycles. The molecule has 3 rings (SSSR count). The molecule has 0 unspecified atom stereocenters. The van der Waals surface area contributed by atoms with Gasteiger partial charge in [0.15, 0.2) is 0 Å². The molecule has 3 nitrogen and oxygen atoms in total. The second kappa shape index (κ2) is 6.33. The summed E-state index contributed by atoms with van der Waals surface area (Å²) in [5.41, 5.74) is 6.01. The number of aromatic amines is 1. The van der Waals surface area contributed by atoms with Crippen LogP contribution in [0.3, 0.4) is 0 Å². The molecule has 1 heterocycles. The van der Waals surface area contributed by atoms with Crippen LogP contribution in [0, 0.1) is 6.92 Å². The predicted octanol–water partition coefficient (Wildman–Crippen LogP) is 6.45. The van der Waals surface area contributed by atoms with E-state index in [0.29, 0.717) is 5.75 Å². The zero-order valence-electron chi connectivity index (χ0n) is 17.7. The lowest BCUT2D eigenvalue weighted by molar-refractivity contribution is 0.420. The van der Waals surface area contributed by atoms with Gasteiger partial charge in [-0.25, -0.2) is 0 Å². The average molecular weight is 366 g/mol. The SMILES string of the molecule is COc1cccc2[nH]c(C)c(-c3cc(C(C)(C)C)c(O)c(C(C)(C)C)c3)c12. The smallest absolute Gasteiger partial charge is 0.128 e. The molecule has 144 valence electrons.